The third-order valence-electron chi connectivity index (χ3n) is 1.22. The van der Waals surface area contributed by atoms with Crippen LogP contribution in [0.5, 0.6) is 0 Å². The third-order valence-corrected chi connectivity index (χ3v) is 2.13. The van der Waals surface area contributed by atoms with Crippen LogP contribution in [0.2, 0.25) is 0 Å². The largest absolute Gasteiger partial charge is 0.300 e. The van der Waals surface area contributed by atoms with Crippen molar-refractivity contribution in [1.29, 1.82) is 0 Å². The van der Waals surface area contributed by atoms with E-state index in [4.69, 9.17) is 4.55 Å². The van der Waals surface area contributed by atoms with Gasteiger partial charge in [0.1, 0.15) is 17.5 Å². The van der Waals surface area contributed by atoms with Gasteiger partial charge in [0.15, 0.2) is 4.90 Å². The molecule has 0 aliphatic carbocycles. The van der Waals surface area contributed by atoms with Gasteiger partial charge < -0.3 is 0 Å². The Morgan fingerprint density at radius 3 is 1.77 bits per heavy atom. The van der Waals surface area contributed by atoms with E-state index in [1.807, 2.05) is 0 Å². The molecule has 0 aliphatic rings. The molecule has 1 rings (SSSR count). The zero-order valence-electron chi connectivity index (χ0n) is 5.96. The summed E-state index contributed by atoms with van der Waals surface area (Å²) in [5, 5.41) is 0. The Balaban J connectivity index is 3.57. The van der Waals surface area contributed by atoms with Crippen LogP contribution in [0.15, 0.2) is 17.0 Å². The first kappa shape index (κ1) is 10.0. The number of halogens is 3. The summed E-state index contributed by atoms with van der Waals surface area (Å²) in [7, 11) is -5.00. The van der Waals surface area contributed by atoms with E-state index in [2.05, 4.69) is 0 Å². The quantitative estimate of drug-likeness (QED) is 0.715. The van der Waals surface area contributed by atoms with Crippen LogP contribution in [0.25, 0.3) is 0 Å². The van der Waals surface area contributed by atoms with Crippen molar-refractivity contribution in [2.75, 3.05) is 0 Å². The molecular weight excluding hydrogens is 209 g/mol. The lowest BCUT2D eigenvalue weighted by Gasteiger charge is -2.00. The van der Waals surface area contributed by atoms with Crippen molar-refractivity contribution in [3.63, 3.8) is 0 Å². The second-order valence-corrected chi connectivity index (χ2v) is 3.53. The molecule has 0 heterocycles. The second-order valence-electron chi connectivity index (χ2n) is 2.17. The first-order valence-corrected chi connectivity index (χ1v) is 4.38. The van der Waals surface area contributed by atoms with Gasteiger partial charge in [-0.3, -0.25) is 4.55 Å². The molecule has 1 aromatic carbocycles. The van der Waals surface area contributed by atoms with Crippen LogP contribution in [0.4, 0.5) is 13.2 Å². The van der Waals surface area contributed by atoms with Crippen molar-refractivity contribution in [3.8, 4) is 0 Å². The molecule has 0 spiro atoms. The molecule has 1 aromatic rings. The first-order valence-electron chi connectivity index (χ1n) is 2.94. The first-order chi connectivity index (χ1) is 5.82. The van der Waals surface area contributed by atoms with Crippen LogP contribution in [-0.2, 0) is 10.1 Å². The molecule has 0 saturated heterocycles. The third kappa shape index (κ3) is 1.99. The summed E-state index contributed by atoms with van der Waals surface area (Å²) in [5.41, 5.74) is 0. The molecule has 0 aromatic heterocycles. The molecule has 7 heteroatoms. The lowest BCUT2D eigenvalue weighted by Crippen LogP contribution is -2.05. The molecule has 0 saturated carbocycles. The maximum absolute atomic E-state index is 12.6. The van der Waals surface area contributed by atoms with E-state index in [1.54, 1.807) is 0 Å². The van der Waals surface area contributed by atoms with Gasteiger partial charge in [0.25, 0.3) is 10.1 Å². The maximum Gasteiger partial charge on any atom is 0.300 e. The Labute approximate surface area is 71.6 Å². The number of hydrogen-bond acceptors (Lipinski definition) is 2. The Kier molecular flexibility index (Phi) is 2.31. The van der Waals surface area contributed by atoms with Gasteiger partial charge in [-0.25, -0.2) is 13.2 Å². The summed E-state index contributed by atoms with van der Waals surface area (Å²) in [5.74, 6) is -4.60. The lowest BCUT2D eigenvalue weighted by molar-refractivity contribution is 0.451. The molecule has 1 N–H and O–H groups in total. The standard InChI is InChI=1S/C6H3F3O3S/c7-3-1-4(8)6(5(9)2-3)13(10,11)12/h1-2H,(H,10,11,12). The van der Waals surface area contributed by atoms with Crippen LogP contribution < -0.4 is 0 Å². The molecule has 0 radical (unpaired) electrons. The van der Waals surface area contributed by atoms with Crippen LogP contribution in [0.1, 0.15) is 0 Å². The Morgan fingerprint density at radius 2 is 1.46 bits per heavy atom. The second kappa shape index (κ2) is 3.00. The number of rotatable bonds is 1. The summed E-state index contributed by atoms with van der Waals surface area (Å²) in [6.07, 6.45) is 0. The van der Waals surface area contributed by atoms with Gasteiger partial charge in [0.05, 0.1) is 0 Å². The van der Waals surface area contributed by atoms with Crippen LogP contribution in [0.3, 0.4) is 0 Å². The van der Waals surface area contributed by atoms with Crippen molar-refractivity contribution >= 4 is 10.1 Å². The summed E-state index contributed by atoms with van der Waals surface area (Å²) < 4.78 is 66.4. The van der Waals surface area contributed by atoms with Crippen LogP contribution in [-0.4, -0.2) is 13.0 Å². The van der Waals surface area contributed by atoms with Gasteiger partial charge in [-0.15, -0.1) is 0 Å². The highest BCUT2D eigenvalue weighted by molar-refractivity contribution is 7.85. The zero-order chi connectivity index (χ0) is 10.2. The SMILES string of the molecule is O=S(=O)(O)c1c(F)cc(F)cc1F. The van der Waals surface area contributed by atoms with Crippen molar-refractivity contribution in [2.24, 2.45) is 0 Å². The average Bonchev–Trinajstić information content (AvgIpc) is 1.78. The van der Waals surface area contributed by atoms with Gasteiger partial charge in [-0.05, 0) is 0 Å². The van der Waals surface area contributed by atoms with Crippen LogP contribution >= 0.6 is 0 Å². The highest BCUT2D eigenvalue weighted by Crippen LogP contribution is 2.19. The van der Waals surface area contributed by atoms with Gasteiger partial charge in [-0.1, -0.05) is 0 Å². The van der Waals surface area contributed by atoms with Crippen molar-refractivity contribution in [2.45, 2.75) is 4.90 Å². The van der Waals surface area contributed by atoms with E-state index in [0.29, 0.717) is 0 Å². The fourth-order valence-corrected chi connectivity index (χ4v) is 1.39. The predicted molar refractivity (Wildman–Crippen MR) is 36.1 cm³/mol. The number of benzene rings is 1. The molecule has 0 atom stereocenters. The van der Waals surface area contributed by atoms with Gasteiger partial charge in [0, 0.05) is 12.1 Å². The smallest absolute Gasteiger partial charge is 0.282 e. The molecule has 0 unspecified atom stereocenters. The molecule has 72 valence electrons. The minimum atomic E-state index is -5.00. The van der Waals surface area contributed by atoms with Gasteiger partial charge >= 0.3 is 0 Å². The van der Waals surface area contributed by atoms with E-state index < -0.39 is 32.5 Å². The minimum absolute atomic E-state index is 0.159. The fraction of sp³-hybridized carbons (Fsp3) is 0. The fourth-order valence-electron chi connectivity index (χ4n) is 0.775. The van der Waals surface area contributed by atoms with E-state index in [-0.39, 0.29) is 12.1 Å². The molecule has 13 heavy (non-hydrogen) atoms. The summed E-state index contributed by atoms with van der Waals surface area (Å²) in [4.78, 5) is -1.55. The number of hydrogen-bond donors (Lipinski definition) is 1. The Bertz CT molecular complexity index is 417. The predicted octanol–water partition coefficient (Wildman–Crippen LogP) is 1.35. The molecule has 0 fully saturated rings. The van der Waals surface area contributed by atoms with Gasteiger partial charge in [-0.2, -0.15) is 8.42 Å². The normalized spacial score (nSPS) is 11.7. The van der Waals surface area contributed by atoms with Crippen molar-refractivity contribution in [1.82, 2.24) is 0 Å². The molecule has 0 amide bonds. The van der Waals surface area contributed by atoms with E-state index >= 15 is 0 Å². The van der Waals surface area contributed by atoms with E-state index in [1.165, 1.54) is 0 Å². The van der Waals surface area contributed by atoms with E-state index in [9.17, 15) is 21.6 Å². The Morgan fingerprint density at radius 1 is 1.08 bits per heavy atom. The zero-order valence-corrected chi connectivity index (χ0v) is 6.78. The minimum Gasteiger partial charge on any atom is -0.282 e. The molecule has 3 nitrogen and oxygen atoms in total. The molecule has 0 aliphatic heterocycles. The van der Waals surface area contributed by atoms with Crippen molar-refractivity contribution in [3.05, 3.63) is 29.6 Å². The van der Waals surface area contributed by atoms with Gasteiger partial charge in [0.2, 0.25) is 0 Å². The monoisotopic (exact) mass is 212 g/mol. The highest BCUT2D eigenvalue weighted by atomic mass is 32.2. The Hall–Kier alpha value is -1.08. The maximum atomic E-state index is 12.6. The summed E-state index contributed by atoms with van der Waals surface area (Å²) in [6.45, 7) is 0. The summed E-state index contributed by atoms with van der Waals surface area (Å²) >= 11 is 0. The van der Waals surface area contributed by atoms with Crippen LogP contribution in [0, 0.1) is 17.5 Å². The highest BCUT2D eigenvalue weighted by Gasteiger charge is 2.22. The molecule has 0 bridgehead atoms. The average molecular weight is 212 g/mol. The lowest BCUT2D eigenvalue weighted by atomic mass is 10.3. The summed E-state index contributed by atoms with van der Waals surface area (Å²) in [6, 6.07) is 0.318. The molecular formula is C6H3F3O3S. The van der Waals surface area contributed by atoms with Crippen molar-refractivity contribution < 1.29 is 26.1 Å². The van der Waals surface area contributed by atoms with E-state index in [0.717, 1.165) is 0 Å². The topological polar surface area (TPSA) is 54.4 Å².